The summed E-state index contributed by atoms with van der Waals surface area (Å²) in [6.07, 6.45) is 3.43. The molecule has 0 bridgehead atoms. The van der Waals surface area contributed by atoms with Crippen LogP contribution in [0, 0.1) is 5.92 Å². The van der Waals surface area contributed by atoms with Crippen LogP contribution >= 0.6 is 11.8 Å². The monoisotopic (exact) mass is 376 g/mol. The van der Waals surface area contributed by atoms with E-state index >= 15 is 0 Å². The Balaban J connectivity index is 1.89. The van der Waals surface area contributed by atoms with Crippen LogP contribution in [0.1, 0.15) is 46.8 Å². The van der Waals surface area contributed by atoms with Crippen molar-refractivity contribution >= 4 is 23.6 Å². The Labute approximate surface area is 157 Å². The van der Waals surface area contributed by atoms with Crippen LogP contribution in [0.4, 0.5) is 0 Å². The van der Waals surface area contributed by atoms with Crippen molar-refractivity contribution in [1.29, 1.82) is 0 Å². The maximum Gasteiger partial charge on any atom is 0.335 e. The predicted molar refractivity (Wildman–Crippen MR) is 101 cm³/mol. The van der Waals surface area contributed by atoms with Gasteiger partial charge in [-0.05, 0) is 36.8 Å². The van der Waals surface area contributed by atoms with Crippen molar-refractivity contribution in [3.05, 3.63) is 41.2 Å². The lowest BCUT2D eigenvalue weighted by Crippen LogP contribution is -2.25. The van der Waals surface area contributed by atoms with Gasteiger partial charge in [0.1, 0.15) is 5.82 Å². The van der Waals surface area contributed by atoms with Crippen LogP contribution in [0.25, 0.3) is 0 Å². The molecule has 140 valence electrons. The lowest BCUT2D eigenvalue weighted by molar-refractivity contribution is 0.0697. The lowest BCUT2D eigenvalue weighted by Gasteiger charge is -2.11. The minimum absolute atomic E-state index is 0.101. The molecule has 1 heterocycles. The molecule has 0 atom stereocenters. The van der Waals surface area contributed by atoms with Gasteiger partial charge in [-0.2, -0.15) is 0 Å². The zero-order valence-electron chi connectivity index (χ0n) is 15.2. The van der Waals surface area contributed by atoms with Gasteiger partial charge in [0.05, 0.1) is 5.56 Å². The molecule has 1 aromatic heterocycles. The van der Waals surface area contributed by atoms with E-state index in [0.29, 0.717) is 18.0 Å². The number of amides is 1. The number of nitrogens with zero attached hydrogens (tertiary/aromatic N) is 3. The predicted octanol–water partition coefficient (Wildman–Crippen LogP) is 2.72. The Morgan fingerprint density at radius 1 is 1.27 bits per heavy atom. The molecule has 0 spiro atoms. The maximum atomic E-state index is 12.2. The van der Waals surface area contributed by atoms with Crippen LogP contribution in [0.2, 0.25) is 0 Å². The average molecular weight is 376 g/mol. The molecular weight excluding hydrogens is 352 g/mol. The van der Waals surface area contributed by atoms with E-state index in [1.807, 2.05) is 6.26 Å². The fourth-order valence-corrected chi connectivity index (χ4v) is 3.07. The van der Waals surface area contributed by atoms with Crippen LogP contribution in [0.3, 0.4) is 0 Å². The van der Waals surface area contributed by atoms with E-state index in [9.17, 15) is 9.59 Å². The quantitative estimate of drug-likeness (QED) is 0.516. The number of carboxylic acids is 1. The van der Waals surface area contributed by atoms with Crippen LogP contribution in [0.5, 0.6) is 0 Å². The van der Waals surface area contributed by atoms with Gasteiger partial charge >= 0.3 is 5.97 Å². The van der Waals surface area contributed by atoms with Crippen molar-refractivity contribution in [1.82, 2.24) is 20.1 Å². The molecule has 0 fully saturated rings. The summed E-state index contributed by atoms with van der Waals surface area (Å²) in [5.74, 6) is 0.0947. The van der Waals surface area contributed by atoms with Gasteiger partial charge in [-0.25, -0.2) is 4.79 Å². The molecule has 8 heteroatoms. The van der Waals surface area contributed by atoms with E-state index in [2.05, 4.69) is 33.9 Å². The van der Waals surface area contributed by atoms with E-state index < -0.39 is 5.97 Å². The molecule has 0 aliphatic heterocycles. The molecule has 0 saturated heterocycles. The second-order valence-electron chi connectivity index (χ2n) is 6.35. The third-order valence-corrected chi connectivity index (χ3v) is 4.43. The fraction of sp³-hybridized carbons (Fsp3) is 0.444. The van der Waals surface area contributed by atoms with Gasteiger partial charge in [0.2, 0.25) is 0 Å². The molecule has 2 aromatic rings. The van der Waals surface area contributed by atoms with E-state index in [4.69, 9.17) is 5.11 Å². The highest BCUT2D eigenvalue weighted by atomic mass is 32.2. The second kappa shape index (κ2) is 9.38. The molecule has 26 heavy (non-hydrogen) atoms. The molecule has 0 aliphatic carbocycles. The number of aryl methyl sites for hydroxylation is 1. The third kappa shape index (κ3) is 5.32. The minimum atomic E-state index is -1.05. The molecule has 0 radical (unpaired) electrons. The Bertz CT molecular complexity index is 774. The van der Waals surface area contributed by atoms with Crippen LogP contribution in [-0.4, -0.2) is 44.5 Å². The number of benzene rings is 1. The van der Waals surface area contributed by atoms with E-state index in [1.165, 1.54) is 12.1 Å². The molecule has 0 aliphatic rings. The van der Waals surface area contributed by atoms with Gasteiger partial charge in [-0.15, -0.1) is 10.2 Å². The highest BCUT2D eigenvalue weighted by Gasteiger charge is 2.13. The average Bonchev–Trinajstić information content (AvgIpc) is 2.99. The molecule has 0 unspecified atom stereocenters. The van der Waals surface area contributed by atoms with Gasteiger partial charge < -0.3 is 15.0 Å². The number of carboxylic acid groups (broad SMARTS) is 1. The number of hydrogen-bond donors (Lipinski definition) is 2. The first-order valence-corrected chi connectivity index (χ1v) is 9.72. The van der Waals surface area contributed by atoms with Crippen molar-refractivity contribution in [3.63, 3.8) is 0 Å². The Hall–Kier alpha value is -2.35. The zero-order valence-corrected chi connectivity index (χ0v) is 16.0. The summed E-state index contributed by atoms with van der Waals surface area (Å²) < 4.78 is 2.13. The number of aromatic carboxylic acids is 1. The normalized spacial score (nSPS) is 10.9. The van der Waals surface area contributed by atoms with Gasteiger partial charge in [-0.3, -0.25) is 4.79 Å². The smallest absolute Gasteiger partial charge is 0.335 e. The topological polar surface area (TPSA) is 97.1 Å². The van der Waals surface area contributed by atoms with E-state index in [1.54, 1.807) is 23.9 Å². The first-order chi connectivity index (χ1) is 12.4. The van der Waals surface area contributed by atoms with Crippen molar-refractivity contribution in [2.75, 3.05) is 12.8 Å². The van der Waals surface area contributed by atoms with Gasteiger partial charge in [0.15, 0.2) is 5.16 Å². The Kier molecular flexibility index (Phi) is 7.20. The van der Waals surface area contributed by atoms with Crippen LogP contribution in [-0.2, 0) is 13.0 Å². The summed E-state index contributed by atoms with van der Waals surface area (Å²) in [5.41, 5.74) is 0.446. The van der Waals surface area contributed by atoms with E-state index in [0.717, 1.165) is 30.4 Å². The summed E-state index contributed by atoms with van der Waals surface area (Å²) in [7, 11) is 0. The summed E-state index contributed by atoms with van der Waals surface area (Å²) in [6, 6.07) is 6.01. The molecule has 1 amide bonds. The molecular formula is C18H24N4O3S. The summed E-state index contributed by atoms with van der Waals surface area (Å²) in [4.78, 5) is 23.1. The number of rotatable bonds is 9. The highest BCUT2D eigenvalue weighted by molar-refractivity contribution is 7.98. The van der Waals surface area contributed by atoms with Crippen LogP contribution < -0.4 is 5.32 Å². The van der Waals surface area contributed by atoms with Crippen LogP contribution in [0.15, 0.2) is 29.4 Å². The number of nitrogens with one attached hydrogen (secondary N) is 1. The zero-order chi connectivity index (χ0) is 19.1. The van der Waals surface area contributed by atoms with Crippen molar-refractivity contribution in [2.24, 2.45) is 5.92 Å². The Morgan fingerprint density at radius 3 is 2.65 bits per heavy atom. The van der Waals surface area contributed by atoms with E-state index in [-0.39, 0.29) is 11.5 Å². The van der Waals surface area contributed by atoms with Gasteiger partial charge in [0, 0.05) is 25.1 Å². The number of thioether (sulfide) groups is 1. The SMILES string of the molecule is CSc1nnc(CCCNC(=O)c2cccc(C(=O)O)c2)n1CC(C)C. The lowest BCUT2D eigenvalue weighted by atomic mass is 10.1. The van der Waals surface area contributed by atoms with Gasteiger partial charge in [0.25, 0.3) is 5.91 Å². The second-order valence-corrected chi connectivity index (χ2v) is 7.13. The first kappa shape index (κ1) is 20.0. The van der Waals surface area contributed by atoms with Gasteiger partial charge in [-0.1, -0.05) is 31.7 Å². The molecule has 1 aromatic carbocycles. The number of hydrogen-bond acceptors (Lipinski definition) is 5. The highest BCUT2D eigenvalue weighted by Crippen LogP contribution is 2.16. The number of carbonyl (C=O) groups is 2. The maximum absolute atomic E-state index is 12.2. The first-order valence-electron chi connectivity index (χ1n) is 8.50. The number of carbonyl (C=O) groups excluding carboxylic acids is 1. The summed E-state index contributed by atoms with van der Waals surface area (Å²) in [5, 5.41) is 21.2. The third-order valence-electron chi connectivity index (χ3n) is 3.76. The summed E-state index contributed by atoms with van der Waals surface area (Å²) >= 11 is 1.57. The van der Waals surface area contributed by atoms with Crippen molar-refractivity contribution in [2.45, 2.75) is 38.4 Å². The molecule has 0 saturated carbocycles. The molecule has 2 N–H and O–H groups in total. The van der Waals surface area contributed by atoms with Crippen molar-refractivity contribution in [3.8, 4) is 0 Å². The number of aromatic nitrogens is 3. The standard InChI is InChI=1S/C18H24N4O3S/c1-12(2)11-22-15(20-21-18(22)26-3)8-5-9-19-16(23)13-6-4-7-14(10-13)17(24)25/h4,6-7,10,12H,5,8-9,11H2,1-3H3,(H,19,23)(H,24,25). The molecule has 7 nitrogen and oxygen atoms in total. The van der Waals surface area contributed by atoms with Crippen molar-refractivity contribution < 1.29 is 14.7 Å². The summed E-state index contributed by atoms with van der Waals surface area (Å²) in [6.45, 7) is 5.66. The minimum Gasteiger partial charge on any atom is -0.478 e. The Morgan fingerprint density at radius 2 is 2.00 bits per heavy atom. The molecule has 2 rings (SSSR count). The largest absolute Gasteiger partial charge is 0.478 e. The fourth-order valence-electron chi connectivity index (χ4n) is 2.55.